The lowest BCUT2D eigenvalue weighted by atomic mass is 10.1. The zero-order chi connectivity index (χ0) is 19.3. The molecule has 0 fully saturated rings. The zero-order valence-electron chi connectivity index (χ0n) is 15.3. The Balaban J connectivity index is 1.47. The molecule has 142 valence electrons. The van der Waals surface area contributed by atoms with Crippen molar-refractivity contribution >= 4 is 11.6 Å². The molecule has 0 bridgehead atoms. The minimum absolute atomic E-state index is 0.0602. The van der Waals surface area contributed by atoms with Gasteiger partial charge in [0.1, 0.15) is 0 Å². The molecular weight excluding hydrogens is 358 g/mol. The van der Waals surface area contributed by atoms with Crippen LogP contribution in [0.25, 0.3) is 17.2 Å². The van der Waals surface area contributed by atoms with Gasteiger partial charge in [-0.3, -0.25) is 19.1 Å². The summed E-state index contributed by atoms with van der Waals surface area (Å²) in [5, 5.41) is 14.0. The quantitative estimate of drug-likeness (QED) is 0.544. The number of aromatic amines is 2. The molecule has 0 atom stereocenters. The smallest absolute Gasteiger partial charge is 0.267 e. The van der Waals surface area contributed by atoms with Gasteiger partial charge in [0.25, 0.3) is 11.5 Å². The number of hydrogen-bond acceptors (Lipinski definition) is 4. The monoisotopic (exact) mass is 377 g/mol. The van der Waals surface area contributed by atoms with Gasteiger partial charge in [-0.15, -0.1) is 10.2 Å². The second-order valence-corrected chi connectivity index (χ2v) is 7.00. The number of aryl methyl sites for hydroxylation is 1. The standard InChI is InChI=1S/C19H19N7O2/c1-24-8-2-3-15(24)17-22-21-16-5-4-12(11-26(16)17)19(28)25-9-6-13-14(7-10-25)20-23-18(13)27/h2-5,8,11H,6-7,9-10H2,1H3,(H2,20,23,27). The van der Waals surface area contributed by atoms with Crippen LogP contribution in [0.15, 0.2) is 41.5 Å². The summed E-state index contributed by atoms with van der Waals surface area (Å²) >= 11 is 0. The molecule has 2 N–H and O–H groups in total. The number of nitrogens with one attached hydrogen (secondary N) is 2. The van der Waals surface area contributed by atoms with Crippen LogP contribution < -0.4 is 5.56 Å². The molecule has 28 heavy (non-hydrogen) atoms. The maximum absolute atomic E-state index is 13.1. The third-order valence-corrected chi connectivity index (χ3v) is 5.34. The van der Waals surface area contributed by atoms with Crippen molar-refractivity contribution in [1.82, 2.24) is 34.3 Å². The van der Waals surface area contributed by atoms with Crippen molar-refractivity contribution in [3.8, 4) is 11.5 Å². The molecule has 4 aromatic rings. The van der Waals surface area contributed by atoms with Crippen molar-refractivity contribution in [2.45, 2.75) is 12.8 Å². The number of carbonyl (C=O) groups excluding carboxylic acids is 1. The van der Waals surface area contributed by atoms with Crippen molar-refractivity contribution in [3.05, 3.63) is 63.8 Å². The molecule has 0 radical (unpaired) electrons. The van der Waals surface area contributed by atoms with Gasteiger partial charge in [-0.2, -0.15) is 0 Å². The first-order chi connectivity index (χ1) is 13.6. The minimum Gasteiger partial charge on any atom is -0.348 e. The van der Waals surface area contributed by atoms with Gasteiger partial charge in [0.15, 0.2) is 11.5 Å². The summed E-state index contributed by atoms with van der Waals surface area (Å²) in [7, 11) is 1.94. The van der Waals surface area contributed by atoms with Crippen LogP contribution in [-0.4, -0.2) is 53.3 Å². The third kappa shape index (κ3) is 2.55. The first-order valence-corrected chi connectivity index (χ1v) is 9.16. The molecular formula is C19H19N7O2. The topological polar surface area (TPSA) is 104 Å². The predicted molar refractivity (Wildman–Crippen MR) is 102 cm³/mol. The van der Waals surface area contributed by atoms with Crippen molar-refractivity contribution in [1.29, 1.82) is 0 Å². The molecule has 0 unspecified atom stereocenters. The van der Waals surface area contributed by atoms with E-state index in [4.69, 9.17) is 0 Å². The molecule has 5 rings (SSSR count). The van der Waals surface area contributed by atoms with Gasteiger partial charge in [0, 0.05) is 50.2 Å². The zero-order valence-corrected chi connectivity index (χ0v) is 15.3. The van der Waals surface area contributed by atoms with Crippen molar-refractivity contribution < 1.29 is 4.79 Å². The van der Waals surface area contributed by atoms with E-state index < -0.39 is 0 Å². The second-order valence-electron chi connectivity index (χ2n) is 7.00. The van der Waals surface area contributed by atoms with E-state index in [1.54, 1.807) is 23.2 Å². The van der Waals surface area contributed by atoms with Gasteiger partial charge >= 0.3 is 0 Å². The van der Waals surface area contributed by atoms with Crippen molar-refractivity contribution in [3.63, 3.8) is 0 Å². The van der Waals surface area contributed by atoms with Crippen LogP contribution in [0.5, 0.6) is 0 Å². The van der Waals surface area contributed by atoms with Crippen LogP contribution in [-0.2, 0) is 19.9 Å². The Morgan fingerprint density at radius 1 is 1.11 bits per heavy atom. The van der Waals surface area contributed by atoms with E-state index in [9.17, 15) is 9.59 Å². The van der Waals surface area contributed by atoms with Crippen molar-refractivity contribution in [2.24, 2.45) is 7.05 Å². The van der Waals surface area contributed by atoms with Gasteiger partial charge in [0.2, 0.25) is 0 Å². The van der Waals surface area contributed by atoms with E-state index in [0.29, 0.717) is 43.0 Å². The largest absolute Gasteiger partial charge is 0.348 e. The maximum atomic E-state index is 13.1. The first kappa shape index (κ1) is 16.5. The summed E-state index contributed by atoms with van der Waals surface area (Å²) in [5.74, 6) is 0.629. The number of H-pyrrole nitrogens is 2. The van der Waals surface area contributed by atoms with Gasteiger partial charge in [-0.25, -0.2) is 0 Å². The molecule has 1 amide bonds. The van der Waals surface area contributed by atoms with Crippen molar-refractivity contribution in [2.75, 3.05) is 13.1 Å². The molecule has 1 aliphatic rings. The summed E-state index contributed by atoms with van der Waals surface area (Å²) in [4.78, 5) is 26.8. The molecule has 0 aromatic carbocycles. The highest BCUT2D eigenvalue weighted by Crippen LogP contribution is 2.20. The molecule has 0 saturated heterocycles. The molecule has 0 spiro atoms. The Bertz CT molecular complexity index is 1240. The number of hydrogen-bond donors (Lipinski definition) is 2. The average Bonchev–Trinajstić information content (AvgIpc) is 3.35. The number of fused-ring (bicyclic) bond motifs is 2. The Hall–Kier alpha value is -3.62. The number of carbonyl (C=O) groups is 1. The van der Waals surface area contributed by atoms with Gasteiger partial charge < -0.3 is 14.6 Å². The van der Waals surface area contributed by atoms with E-state index in [-0.39, 0.29) is 11.5 Å². The highest BCUT2D eigenvalue weighted by molar-refractivity contribution is 5.94. The summed E-state index contributed by atoms with van der Waals surface area (Å²) < 4.78 is 3.80. The Kier molecular flexibility index (Phi) is 3.68. The fourth-order valence-corrected chi connectivity index (χ4v) is 3.77. The third-order valence-electron chi connectivity index (χ3n) is 5.34. The van der Waals surface area contributed by atoms with E-state index in [2.05, 4.69) is 20.4 Å². The lowest BCUT2D eigenvalue weighted by Gasteiger charge is -2.20. The second kappa shape index (κ2) is 6.22. The summed E-state index contributed by atoms with van der Waals surface area (Å²) in [6.07, 6.45) is 4.91. The van der Waals surface area contributed by atoms with E-state index >= 15 is 0 Å². The Morgan fingerprint density at radius 3 is 2.79 bits per heavy atom. The highest BCUT2D eigenvalue weighted by atomic mass is 16.2. The minimum atomic E-state index is -0.0950. The van der Waals surface area contributed by atoms with Crippen LogP contribution in [0.2, 0.25) is 0 Å². The van der Waals surface area contributed by atoms with Crippen LogP contribution in [0.1, 0.15) is 21.6 Å². The number of nitrogens with zero attached hydrogens (tertiary/aromatic N) is 5. The van der Waals surface area contributed by atoms with E-state index in [0.717, 1.165) is 17.0 Å². The molecule has 9 nitrogen and oxygen atoms in total. The summed E-state index contributed by atoms with van der Waals surface area (Å²) in [6, 6.07) is 7.49. The van der Waals surface area contributed by atoms with Crippen LogP contribution in [0, 0.1) is 0 Å². The molecule has 5 heterocycles. The fraction of sp³-hybridized carbons (Fsp3) is 0.263. The number of amides is 1. The lowest BCUT2D eigenvalue weighted by molar-refractivity contribution is 0.0762. The molecule has 9 heteroatoms. The van der Waals surface area contributed by atoms with Crippen LogP contribution >= 0.6 is 0 Å². The lowest BCUT2D eigenvalue weighted by Crippen LogP contribution is -2.33. The molecule has 0 aliphatic carbocycles. The molecule has 0 saturated carbocycles. The Labute approximate surface area is 159 Å². The normalized spacial score (nSPS) is 14.2. The summed E-state index contributed by atoms with van der Waals surface area (Å²) in [5.41, 5.74) is 3.72. The fourth-order valence-electron chi connectivity index (χ4n) is 3.77. The van der Waals surface area contributed by atoms with E-state index in [1.165, 1.54) is 0 Å². The van der Waals surface area contributed by atoms with Gasteiger partial charge in [0.05, 0.1) is 11.3 Å². The first-order valence-electron chi connectivity index (χ1n) is 9.16. The summed E-state index contributed by atoms with van der Waals surface area (Å²) in [6.45, 7) is 1.07. The van der Waals surface area contributed by atoms with Gasteiger partial charge in [-0.05, 0) is 30.7 Å². The Morgan fingerprint density at radius 2 is 1.96 bits per heavy atom. The van der Waals surface area contributed by atoms with E-state index in [1.807, 2.05) is 34.3 Å². The number of pyridine rings is 1. The molecule has 1 aliphatic heterocycles. The van der Waals surface area contributed by atoms with Gasteiger partial charge in [-0.1, -0.05) is 0 Å². The molecule has 4 aromatic heterocycles. The number of rotatable bonds is 2. The predicted octanol–water partition coefficient (Wildman–Crippen LogP) is 0.992. The maximum Gasteiger partial charge on any atom is 0.267 e. The van der Waals surface area contributed by atoms with Crippen LogP contribution in [0.4, 0.5) is 0 Å². The SMILES string of the molecule is Cn1cccc1-c1nnc2ccc(C(=O)N3CCc4[nH][nH]c(=O)c4CC3)cn12. The van der Waals surface area contributed by atoms with Crippen LogP contribution in [0.3, 0.4) is 0 Å². The highest BCUT2D eigenvalue weighted by Gasteiger charge is 2.23. The number of aromatic nitrogens is 6. The average molecular weight is 377 g/mol.